The third-order valence-electron chi connectivity index (χ3n) is 4.12. The molecule has 0 unspecified atom stereocenters. The van der Waals surface area contributed by atoms with E-state index in [0.29, 0.717) is 39.9 Å². The zero-order valence-corrected chi connectivity index (χ0v) is 12.2. The van der Waals surface area contributed by atoms with Crippen LogP contribution in [0.5, 0.6) is 5.75 Å². The Bertz CT molecular complexity index is 527. The van der Waals surface area contributed by atoms with Crippen molar-refractivity contribution in [2.45, 2.75) is 31.7 Å². The van der Waals surface area contributed by atoms with Gasteiger partial charge in [-0.3, -0.25) is 4.79 Å². The van der Waals surface area contributed by atoms with E-state index in [1.54, 1.807) is 12.1 Å². The molecular weight excluding hydrogens is 276 g/mol. The highest BCUT2D eigenvalue weighted by atomic mass is 35.5. The van der Waals surface area contributed by atoms with Gasteiger partial charge in [0.25, 0.3) is 5.91 Å². The van der Waals surface area contributed by atoms with Crippen molar-refractivity contribution < 1.29 is 9.53 Å². The fraction of sp³-hybridized carbons (Fsp3) is 0.533. The molecule has 3 N–H and O–H groups in total. The molecule has 0 aromatic heterocycles. The average Bonchev–Trinajstić information content (AvgIpc) is 3.29. The standard InChI is InChI=1S/C15H19ClN2O2/c1-20-13-7-12(17)11(16)6-10(13)15(19)18-14(8-2-3-8)9-4-5-9/h6-9,14H,2-5,17H2,1H3,(H,18,19). The van der Waals surface area contributed by atoms with Gasteiger partial charge in [0, 0.05) is 12.1 Å². The number of anilines is 1. The van der Waals surface area contributed by atoms with Crippen LogP contribution >= 0.6 is 11.6 Å². The Labute approximate surface area is 123 Å². The lowest BCUT2D eigenvalue weighted by Gasteiger charge is -2.19. The van der Waals surface area contributed by atoms with Crippen LogP contribution in [0, 0.1) is 11.8 Å². The lowest BCUT2D eigenvalue weighted by Crippen LogP contribution is -2.38. The Morgan fingerprint density at radius 3 is 2.45 bits per heavy atom. The summed E-state index contributed by atoms with van der Waals surface area (Å²) in [5, 5.41) is 3.54. The molecule has 2 saturated carbocycles. The van der Waals surface area contributed by atoms with Gasteiger partial charge in [0.15, 0.2) is 0 Å². The van der Waals surface area contributed by atoms with E-state index in [9.17, 15) is 4.79 Å². The van der Waals surface area contributed by atoms with Crippen molar-refractivity contribution in [1.82, 2.24) is 5.32 Å². The second-order valence-corrected chi connectivity index (χ2v) is 6.16. The molecule has 5 heteroatoms. The minimum absolute atomic E-state index is 0.118. The lowest BCUT2D eigenvalue weighted by molar-refractivity contribution is 0.0923. The van der Waals surface area contributed by atoms with Gasteiger partial charge in [0.1, 0.15) is 5.75 Å². The molecule has 2 aliphatic carbocycles. The summed E-state index contributed by atoms with van der Waals surface area (Å²) in [4.78, 5) is 12.5. The smallest absolute Gasteiger partial charge is 0.255 e. The first kappa shape index (κ1) is 13.6. The van der Waals surface area contributed by atoms with Crippen molar-refractivity contribution in [2.24, 2.45) is 11.8 Å². The first-order valence-corrected chi connectivity index (χ1v) is 7.42. The van der Waals surface area contributed by atoms with Crippen LogP contribution in [-0.4, -0.2) is 19.1 Å². The van der Waals surface area contributed by atoms with Crippen LogP contribution in [0.4, 0.5) is 5.69 Å². The summed E-state index contributed by atoms with van der Waals surface area (Å²) >= 11 is 6.01. The number of hydrogen-bond acceptors (Lipinski definition) is 3. The Balaban J connectivity index is 1.80. The normalized spacial score (nSPS) is 18.1. The van der Waals surface area contributed by atoms with Gasteiger partial charge in [-0.25, -0.2) is 0 Å². The molecule has 2 fully saturated rings. The molecule has 108 valence electrons. The van der Waals surface area contributed by atoms with Crippen molar-refractivity contribution in [3.05, 3.63) is 22.7 Å². The topological polar surface area (TPSA) is 64.3 Å². The summed E-state index contributed by atoms with van der Waals surface area (Å²) in [6.07, 6.45) is 4.89. The number of carbonyl (C=O) groups is 1. The molecule has 0 spiro atoms. The molecule has 4 nitrogen and oxygen atoms in total. The highest BCUT2D eigenvalue weighted by Gasteiger charge is 2.42. The maximum absolute atomic E-state index is 12.5. The summed E-state index contributed by atoms with van der Waals surface area (Å²) in [6, 6.07) is 3.49. The molecule has 1 aromatic rings. The third kappa shape index (κ3) is 2.70. The molecule has 0 atom stereocenters. The van der Waals surface area contributed by atoms with E-state index in [-0.39, 0.29) is 5.91 Å². The first-order chi connectivity index (χ1) is 9.60. The second kappa shape index (κ2) is 5.17. The van der Waals surface area contributed by atoms with E-state index in [2.05, 4.69) is 5.32 Å². The number of hydrogen-bond donors (Lipinski definition) is 2. The molecule has 0 heterocycles. The van der Waals surface area contributed by atoms with Gasteiger partial charge in [0.2, 0.25) is 0 Å². The summed E-state index contributed by atoms with van der Waals surface area (Å²) < 4.78 is 5.24. The monoisotopic (exact) mass is 294 g/mol. The van der Waals surface area contributed by atoms with Gasteiger partial charge in [-0.05, 0) is 43.6 Å². The van der Waals surface area contributed by atoms with Crippen molar-refractivity contribution in [3.8, 4) is 5.75 Å². The molecule has 1 aromatic carbocycles. The first-order valence-electron chi connectivity index (χ1n) is 7.04. The number of nitrogen functional groups attached to an aromatic ring is 1. The zero-order chi connectivity index (χ0) is 14.3. The Morgan fingerprint density at radius 2 is 1.95 bits per heavy atom. The molecule has 0 radical (unpaired) electrons. The van der Waals surface area contributed by atoms with E-state index in [0.717, 1.165) is 0 Å². The number of carbonyl (C=O) groups excluding carboxylic acids is 1. The van der Waals surface area contributed by atoms with E-state index in [1.165, 1.54) is 32.8 Å². The number of methoxy groups -OCH3 is 1. The zero-order valence-electron chi connectivity index (χ0n) is 11.5. The summed E-state index contributed by atoms with van der Waals surface area (Å²) in [6.45, 7) is 0. The van der Waals surface area contributed by atoms with Crippen LogP contribution in [0.2, 0.25) is 5.02 Å². The number of nitrogens with two attached hydrogens (primary N) is 1. The van der Waals surface area contributed by atoms with Gasteiger partial charge < -0.3 is 15.8 Å². The Kier molecular flexibility index (Phi) is 3.50. The Hall–Kier alpha value is -1.42. The molecule has 3 rings (SSSR count). The number of amides is 1. The fourth-order valence-electron chi connectivity index (χ4n) is 2.68. The fourth-order valence-corrected chi connectivity index (χ4v) is 2.84. The van der Waals surface area contributed by atoms with E-state index < -0.39 is 0 Å². The predicted octanol–water partition coefficient (Wildman–Crippen LogP) is 2.85. The van der Waals surface area contributed by atoms with E-state index >= 15 is 0 Å². The third-order valence-corrected chi connectivity index (χ3v) is 4.45. The van der Waals surface area contributed by atoms with Crippen molar-refractivity contribution in [3.63, 3.8) is 0 Å². The van der Waals surface area contributed by atoms with Gasteiger partial charge in [-0.2, -0.15) is 0 Å². The summed E-state index contributed by atoms with van der Waals surface area (Å²) in [5.74, 6) is 1.66. The molecule has 20 heavy (non-hydrogen) atoms. The van der Waals surface area contributed by atoms with Crippen LogP contribution in [0.3, 0.4) is 0 Å². The van der Waals surface area contributed by atoms with Crippen molar-refractivity contribution in [2.75, 3.05) is 12.8 Å². The highest BCUT2D eigenvalue weighted by molar-refractivity contribution is 6.33. The quantitative estimate of drug-likeness (QED) is 0.821. The van der Waals surface area contributed by atoms with Gasteiger partial charge in [-0.1, -0.05) is 11.6 Å². The summed E-state index contributed by atoms with van der Waals surface area (Å²) in [7, 11) is 1.53. The van der Waals surface area contributed by atoms with Crippen molar-refractivity contribution >= 4 is 23.2 Å². The van der Waals surface area contributed by atoms with Gasteiger partial charge in [-0.15, -0.1) is 0 Å². The molecule has 2 aliphatic rings. The number of halogens is 1. The van der Waals surface area contributed by atoms with Crippen molar-refractivity contribution in [1.29, 1.82) is 0 Å². The minimum atomic E-state index is -0.118. The largest absolute Gasteiger partial charge is 0.496 e. The van der Waals surface area contributed by atoms with Crippen LogP contribution < -0.4 is 15.8 Å². The van der Waals surface area contributed by atoms with E-state index in [4.69, 9.17) is 22.1 Å². The average molecular weight is 295 g/mol. The number of benzene rings is 1. The van der Waals surface area contributed by atoms with E-state index in [1.807, 2.05) is 0 Å². The van der Waals surface area contributed by atoms with Crippen LogP contribution in [-0.2, 0) is 0 Å². The maximum Gasteiger partial charge on any atom is 0.255 e. The van der Waals surface area contributed by atoms with Crippen LogP contribution in [0.1, 0.15) is 36.0 Å². The number of ether oxygens (including phenoxy) is 1. The number of rotatable bonds is 5. The molecule has 0 aliphatic heterocycles. The number of nitrogens with one attached hydrogen (secondary N) is 1. The minimum Gasteiger partial charge on any atom is -0.496 e. The molecule has 0 bridgehead atoms. The molecule has 0 saturated heterocycles. The Morgan fingerprint density at radius 1 is 1.35 bits per heavy atom. The SMILES string of the molecule is COc1cc(N)c(Cl)cc1C(=O)NC(C1CC1)C1CC1. The lowest BCUT2D eigenvalue weighted by atomic mass is 10.1. The predicted molar refractivity (Wildman–Crippen MR) is 79.1 cm³/mol. The molecule has 1 amide bonds. The molecular formula is C15H19ClN2O2. The van der Waals surface area contributed by atoms with Gasteiger partial charge >= 0.3 is 0 Å². The van der Waals surface area contributed by atoms with Crippen LogP contribution in [0.25, 0.3) is 0 Å². The summed E-state index contributed by atoms with van der Waals surface area (Å²) in [5.41, 5.74) is 6.61. The highest BCUT2D eigenvalue weighted by Crippen LogP contribution is 2.44. The maximum atomic E-state index is 12.5. The van der Waals surface area contributed by atoms with Crippen LogP contribution in [0.15, 0.2) is 12.1 Å². The second-order valence-electron chi connectivity index (χ2n) is 5.75. The van der Waals surface area contributed by atoms with Gasteiger partial charge in [0.05, 0.1) is 23.4 Å².